The van der Waals surface area contributed by atoms with Crippen LogP contribution in [0.15, 0.2) is 12.7 Å². The van der Waals surface area contributed by atoms with Gasteiger partial charge in [0.2, 0.25) is 5.91 Å². The van der Waals surface area contributed by atoms with Gasteiger partial charge < -0.3 is 9.64 Å². The minimum absolute atomic E-state index is 0.0477. The number of nitrogens with zero attached hydrogens (tertiary/aromatic N) is 2. The van der Waals surface area contributed by atoms with Gasteiger partial charge in [-0.2, -0.15) is 5.26 Å². The molecule has 0 saturated carbocycles. The number of carbonyl (C=O) groups is 2. The average Bonchev–Trinajstić information content (AvgIpc) is 2.42. The van der Waals surface area contributed by atoms with E-state index in [1.54, 1.807) is 17.0 Å². The first-order valence-electron chi connectivity index (χ1n) is 6.14. The SMILES string of the molecule is C=CCCC(=O)N1CCCC[C@H]1C(=O)OCC#N. The molecule has 1 atom stereocenters. The van der Waals surface area contributed by atoms with Crippen LogP contribution in [-0.4, -0.2) is 36.0 Å². The fourth-order valence-electron chi connectivity index (χ4n) is 2.04. The van der Waals surface area contributed by atoms with Crippen molar-refractivity contribution in [3.63, 3.8) is 0 Å². The maximum absolute atomic E-state index is 12.0. The fourth-order valence-corrected chi connectivity index (χ4v) is 2.04. The van der Waals surface area contributed by atoms with Crippen molar-refractivity contribution in [3.8, 4) is 6.07 Å². The van der Waals surface area contributed by atoms with Crippen LogP contribution in [0.3, 0.4) is 0 Å². The maximum atomic E-state index is 12.0. The van der Waals surface area contributed by atoms with Crippen molar-refractivity contribution >= 4 is 11.9 Å². The van der Waals surface area contributed by atoms with Crippen LogP contribution in [0.5, 0.6) is 0 Å². The third-order valence-electron chi connectivity index (χ3n) is 2.94. The van der Waals surface area contributed by atoms with Crippen molar-refractivity contribution < 1.29 is 14.3 Å². The molecule has 0 radical (unpaired) electrons. The Labute approximate surface area is 107 Å². The van der Waals surface area contributed by atoms with Crippen molar-refractivity contribution in [2.24, 2.45) is 0 Å². The van der Waals surface area contributed by atoms with Gasteiger partial charge in [-0.3, -0.25) is 4.79 Å². The second-order valence-electron chi connectivity index (χ2n) is 4.19. The Kier molecular flexibility index (Phi) is 5.92. The molecule has 0 aliphatic carbocycles. The van der Waals surface area contributed by atoms with E-state index in [0.29, 0.717) is 25.8 Å². The first-order chi connectivity index (χ1) is 8.70. The predicted molar refractivity (Wildman–Crippen MR) is 65.4 cm³/mol. The lowest BCUT2D eigenvalue weighted by atomic mass is 10.0. The lowest BCUT2D eigenvalue weighted by Gasteiger charge is -2.33. The molecule has 0 N–H and O–H groups in total. The number of piperidine rings is 1. The van der Waals surface area contributed by atoms with Gasteiger partial charge in [-0.25, -0.2) is 4.79 Å². The van der Waals surface area contributed by atoms with Crippen molar-refractivity contribution in [2.45, 2.75) is 38.1 Å². The van der Waals surface area contributed by atoms with E-state index in [0.717, 1.165) is 12.8 Å². The first kappa shape index (κ1) is 14.2. The van der Waals surface area contributed by atoms with Gasteiger partial charge in [0.25, 0.3) is 0 Å². The molecule has 1 saturated heterocycles. The number of nitriles is 1. The number of esters is 1. The third kappa shape index (κ3) is 3.88. The van der Waals surface area contributed by atoms with Crippen LogP contribution >= 0.6 is 0 Å². The molecule has 1 amide bonds. The summed E-state index contributed by atoms with van der Waals surface area (Å²) in [6, 6.07) is 1.23. The molecule has 5 nitrogen and oxygen atoms in total. The van der Waals surface area contributed by atoms with E-state index in [2.05, 4.69) is 6.58 Å². The molecular weight excluding hydrogens is 232 g/mol. The van der Waals surface area contributed by atoms with Gasteiger partial charge in [0, 0.05) is 13.0 Å². The Morgan fingerprint density at radius 1 is 1.50 bits per heavy atom. The quantitative estimate of drug-likeness (QED) is 0.546. The minimum atomic E-state index is -0.524. The number of hydrogen-bond donors (Lipinski definition) is 0. The molecule has 1 aliphatic rings. The number of rotatable bonds is 5. The highest BCUT2D eigenvalue weighted by atomic mass is 16.5. The zero-order chi connectivity index (χ0) is 13.4. The van der Waals surface area contributed by atoms with Crippen molar-refractivity contribution in [3.05, 3.63) is 12.7 Å². The zero-order valence-corrected chi connectivity index (χ0v) is 10.4. The van der Waals surface area contributed by atoms with E-state index >= 15 is 0 Å². The van der Waals surface area contributed by atoms with E-state index in [1.807, 2.05) is 0 Å². The highest BCUT2D eigenvalue weighted by Crippen LogP contribution is 2.19. The molecule has 0 aromatic rings. The summed E-state index contributed by atoms with van der Waals surface area (Å²) in [6.45, 7) is 3.90. The summed E-state index contributed by atoms with van der Waals surface area (Å²) >= 11 is 0. The number of amides is 1. The summed E-state index contributed by atoms with van der Waals surface area (Å²) in [7, 11) is 0. The van der Waals surface area contributed by atoms with Crippen LogP contribution in [-0.2, 0) is 14.3 Å². The fraction of sp³-hybridized carbons (Fsp3) is 0.615. The van der Waals surface area contributed by atoms with Gasteiger partial charge in [0.1, 0.15) is 12.1 Å². The smallest absolute Gasteiger partial charge is 0.329 e. The van der Waals surface area contributed by atoms with Crippen molar-refractivity contribution in [1.82, 2.24) is 4.90 Å². The Balaban J connectivity index is 2.61. The molecule has 0 bridgehead atoms. The lowest BCUT2D eigenvalue weighted by molar-refractivity contribution is -0.155. The van der Waals surface area contributed by atoms with Crippen LogP contribution in [0.2, 0.25) is 0 Å². The number of ether oxygens (including phenoxy) is 1. The second kappa shape index (κ2) is 7.49. The molecule has 1 fully saturated rings. The molecule has 1 aliphatic heterocycles. The average molecular weight is 250 g/mol. The number of hydrogen-bond acceptors (Lipinski definition) is 4. The van der Waals surface area contributed by atoms with E-state index < -0.39 is 12.0 Å². The minimum Gasteiger partial charge on any atom is -0.449 e. The van der Waals surface area contributed by atoms with E-state index in [9.17, 15) is 9.59 Å². The van der Waals surface area contributed by atoms with Gasteiger partial charge in [0.05, 0.1) is 0 Å². The summed E-state index contributed by atoms with van der Waals surface area (Å²) in [5.41, 5.74) is 0. The Morgan fingerprint density at radius 3 is 2.94 bits per heavy atom. The summed E-state index contributed by atoms with van der Waals surface area (Å²) in [5.74, 6) is -0.517. The molecule has 0 aromatic carbocycles. The highest BCUT2D eigenvalue weighted by molar-refractivity contribution is 5.84. The van der Waals surface area contributed by atoms with E-state index in [-0.39, 0.29) is 12.5 Å². The Morgan fingerprint density at radius 2 is 2.28 bits per heavy atom. The maximum Gasteiger partial charge on any atom is 0.329 e. The topological polar surface area (TPSA) is 70.4 Å². The van der Waals surface area contributed by atoms with Crippen molar-refractivity contribution in [1.29, 1.82) is 5.26 Å². The van der Waals surface area contributed by atoms with Crippen LogP contribution in [0, 0.1) is 11.3 Å². The summed E-state index contributed by atoms with van der Waals surface area (Å²) in [5, 5.41) is 8.39. The molecule has 1 rings (SSSR count). The molecule has 0 spiro atoms. The molecule has 5 heteroatoms. The van der Waals surface area contributed by atoms with Crippen LogP contribution in [0.4, 0.5) is 0 Å². The number of allylic oxidation sites excluding steroid dienone is 1. The number of likely N-dealkylation sites (tertiary alicyclic amines) is 1. The van der Waals surface area contributed by atoms with Gasteiger partial charge >= 0.3 is 5.97 Å². The summed E-state index contributed by atoms with van der Waals surface area (Å²) in [4.78, 5) is 25.3. The monoisotopic (exact) mass is 250 g/mol. The van der Waals surface area contributed by atoms with E-state index in [4.69, 9.17) is 10.00 Å². The van der Waals surface area contributed by atoms with Crippen LogP contribution < -0.4 is 0 Å². The van der Waals surface area contributed by atoms with Gasteiger partial charge in [-0.15, -0.1) is 6.58 Å². The molecular formula is C13H18N2O3. The molecule has 18 heavy (non-hydrogen) atoms. The standard InChI is InChI=1S/C13H18N2O3/c1-2-3-7-12(16)15-9-5-4-6-11(15)13(17)18-10-8-14/h2,11H,1,3-7,9-10H2/t11-/m0/s1. The van der Waals surface area contributed by atoms with Gasteiger partial charge in [0.15, 0.2) is 6.61 Å². The highest BCUT2D eigenvalue weighted by Gasteiger charge is 2.32. The summed E-state index contributed by atoms with van der Waals surface area (Å²) < 4.78 is 4.80. The molecule has 1 heterocycles. The molecule has 0 unspecified atom stereocenters. The third-order valence-corrected chi connectivity index (χ3v) is 2.94. The summed E-state index contributed by atoms with van der Waals surface area (Å²) in [6.07, 6.45) is 5.08. The zero-order valence-electron chi connectivity index (χ0n) is 10.4. The largest absolute Gasteiger partial charge is 0.449 e. The Bertz CT molecular complexity index is 360. The van der Waals surface area contributed by atoms with Gasteiger partial charge in [-0.1, -0.05) is 6.08 Å². The number of carbonyl (C=O) groups excluding carboxylic acids is 2. The molecule has 0 aromatic heterocycles. The normalized spacial score (nSPS) is 18.8. The van der Waals surface area contributed by atoms with Crippen molar-refractivity contribution in [2.75, 3.05) is 13.2 Å². The van der Waals surface area contributed by atoms with E-state index in [1.165, 1.54) is 0 Å². The van der Waals surface area contributed by atoms with Crippen LogP contribution in [0.1, 0.15) is 32.1 Å². The first-order valence-corrected chi connectivity index (χ1v) is 6.14. The predicted octanol–water partition coefficient (Wildman–Crippen LogP) is 1.40. The van der Waals surface area contributed by atoms with Gasteiger partial charge in [-0.05, 0) is 25.7 Å². The Hall–Kier alpha value is -1.83. The van der Waals surface area contributed by atoms with Crippen LogP contribution in [0.25, 0.3) is 0 Å². The lowest BCUT2D eigenvalue weighted by Crippen LogP contribution is -2.48. The molecule has 98 valence electrons. The second-order valence-corrected chi connectivity index (χ2v) is 4.19.